The van der Waals surface area contributed by atoms with Gasteiger partial charge in [-0.2, -0.15) is 11.8 Å². The van der Waals surface area contributed by atoms with Gasteiger partial charge in [0.2, 0.25) is 5.91 Å². The Balaban J connectivity index is 2.21. The number of carbonyl (C=O) groups is 2. The van der Waals surface area contributed by atoms with Crippen LogP contribution in [0.2, 0.25) is 0 Å². The van der Waals surface area contributed by atoms with E-state index in [4.69, 9.17) is 5.11 Å². The number of fused-ring (bicyclic) bond motifs is 1. The average Bonchev–Trinajstić information content (AvgIpc) is 2.60. The Bertz CT molecular complexity index is 806. The lowest BCUT2D eigenvalue weighted by molar-refractivity contribution is -0.137. The van der Waals surface area contributed by atoms with Gasteiger partial charge in [-0.05, 0) is 37.0 Å². The molecule has 0 fully saturated rings. The van der Waals surface area contributed by atoms with Crippen LogP contribution in [0.25, 0.3) is 10.9 Å². The molecule has 0 saturated heterocycles. The maximum absolute atomic E-state index is 12.7. The molecule has 1 aromatic carbocycles. The molecule has 1 heterocycles. The summed E-state index contributed by atoms with van der Waals surface area (Å²) in [7, 11) is 0. The van der Waals surface area contributed by atoms with E-state index in [1.165, 1.54) is 10.9 Å². The fourth-order valence-corrected chi connectivity index (χ4v) is 2.96. The van der Waals surface area contributed by atoms with E-state index in [-0.39, 0.29) is 24.4 Å². The lowest BCUT2D eigenvalue weighted by Gasteiger charge is -2.19. The van der Waals surface area contributed by atoms with Gasteiger partial charge in [0.15, 0.2) is 0 Å². The lowest BCUT2D eigenvalue weighted by atomic mass is 10.1. The monoisotopic (exact) mass is 363 g/mol. The number of para-hydroxylation sites is 1. The third kappa shape index (κ3) is 5.06. The number of carboxylic acid groups (broad SMARTS) is 1. The highest BCUT2D eigenvalue weighted by Gasteiger charge is 2.22. The Morgan fingerprint density at radius 1 is 1.36 bits per heavy atom. The minimum atomic E-state index is -0.900. The second-order valence-corrected chi connectivity index (χ2v) is 6.55. The average molecular weight is 363 g/mol. The van der Waals surface area contributed by atoms with E-state index >= 15 is 0 Å². The van der Waals surface area contributed by atoms with Gasteiger partial charge < -0.3 is 10.4 Å². The van der Waals surface area contributed by atoms with Gasteiger partial charge in [-0.25, -0.2) is 4.98 Å². The molecule has 0 bridgehead atoms. The second kappa shape index (κ2) is 9.22. The predicted molar refractivity (Wildman–Crippen MR) is 97.9 cm³/mol. The smallest absolute Gasteiger partial charge is 0.303 e. The van der Waals surface area contributed by atoms with Crippen LogP contribution >= 0.6 is 11.8 Å². The van der Waals surface area contributed by atoms with Crippen LogP contribution in [0, 0.1) is 0 Å². The number of nitrogens with one attached hydrogen (secondary N) is 1. The van der Waals surface area contributed by atoms with Crippen LogP contribution in [-0.2, 0) is 9.59 Å². The third-order valence-electron chi connectivity index (χ3n) is 3.79. The second-order valence-electron chi connectivity index (χ2n) is 5.56. The van der Waals surface area contributed by atoms with Gasteiger partial charge in [0.05, 0.1) is 17.2 Å². The van der Waals surface area contributed by atoms with Crippen LogP contribution in [0.3, 0.4) is 0 Å². The van der Waals surface area contributed by atoms with Crippen molar-refractivity contribution in [1.29, 1.82) is 0 Å². The number of amides is 1. The fourth-order valence-electron chi connectivity index (χ4n) is 2.50. The SMILES string of the molecule is CSCC[C@@H](C(=O)NCCCC(=O)O)n1cnc2ccccc2c1=O. The molecule has 0 aliphatic carbocycles. The Morgan fingerprint density at radius 2 is 2.12 bits per heavy atom. The maximum Gasteiger partial charge on any atom is 0.303 e. The van der Waals surface area contributed by atoms with Crippen LogP contribution in [0.1, 0.15) is 25.3 Å². The van der Waals surface area contributed by atoms with Crippen LogP contribution < -0.4 is 10.9 Å². The van der Waals surface area contributed by atoms with E-state index in [0.29, 0.717) is 29.5 Å². The zero-order valence-corrected chi connectivity index (χ0v) is 14.8. The summed E-state index contributed by atoms with van der Waals surface area (Å²) in [6.45, 7) is 0.261. The number of aliphatic carboxylic acids is 1. The molecule has 0 radical (unpaired) electrons. The normalized spacial score (nSPS) is 12.0. The molecule has 0 aliphatic heterocycles. The minimum absolute atomic E-state index is 0.00671. The Labute approximate surface area is 149 Å². The largest absolute Gasteiger partial charge is 0.481 e. The predicted octanol–water partition coefficient (Wildman–Crippen LogP) is 1.67. The summed E-state index contributed by atoms with van der Waals surface area (Å²) in [4.78, 5) is 40.1. The van der Waals surface area contributed by atoms with Crippen molar-refractivity contribution in [3.05, 3.63) is 40.9 Å². The molecule has 2 rings (SSSR count). The van der Waals surface area contributed by atoms with E-state index in [0.717, 1.165) is 0 Å². The minimum Gasteiger partial charge on any atom is -0.481 e. The number of carbonyl (C=O) groups excluding carboxylic acids is 1. The van der Waals surface area contributed by atoms with Gasteiger partial charge in [0, 0.05) is 13.0 Å². The van der Waals surface area contributed by atoms with Crippen molar-refractivity contribution >= 4 is 34.5 Å². The highest BCUT2D eigenvalue weighted by Crippen LogP contribution is 2.15. The highest BCUT2D eigenvalue weighted by atomic mass is 32.2. The van der Waals surface area contributed by atoms with Crippen LogP contribution in [0.5, 0.6) is 0 Å². The summed E-state index contributed by atoms with van der Waals surface area (Å²) < 4.78 is 1.37. The van der Waals surface area contributed by atoms with E-state index in [1.54, 1.807) is 36.0 Å². The van der Waals surface area contributed by atoms with Gasteiger partial charge in [-0.1, -0.05) is 12.1 Å². The number of rotatable bonds is 9. The van der Waals surface area contributed by atoms with Crippen molar-refractivity contribution in [2.45, 2.75) is 25.3 Å². The molecule has 134 valence electrons. The molecule has 7 nitrogen and oxygen atoms in total. The molecule has 0 saturated carbocycles. The van der Waals surface area contributed by atoms with E-state index in [1.807, 2.05) is 6.26 Å². The topological polar surface area (TPSA) is 101 Å². The summed E-state index contributed by atoms with van der Waals surface area (Å²) in [6.07, 6.45) is 4.18. The Morgan fingerprint density at radius 3 is 2.84 bits per heavy atom. The zero-order chi connectivity index (χ0) is 18.2. The first-order chi connectivity index (χ1) is 12.0. The summed E-state index contributed by atoms with van der Waals surface area (Å²) in [6, 6.07) is 6.35. The number of aromatic nitrogens is 2. The van der Waals surface area contributed by atoms with Gasteiger partial charge in [0.1, 0.15) is 6.04 Å². The Hall–Kier alpha value is -2.35. The van der Waals surface area contributed by atoms with E-state index < -0.39 is 12.0 Å². The first kappa shape index (κ1) is 19.0. The van der Waals surface area contributed by atoms with E-state index in [2.05, 4.69) is 10.3 Å². The van der Waals surface area contributed by atoms with Crippen LogP contribution in [0.4, 0.5) is 0 Å². The number of nitrogens with zero attached hydrogens (tertiary/aromatic N) is 2. The number of hydrogen-bond donors (Lipinski definition) is 2. The summed E-state index contributed by atoms with van der Waals surface area (Å²) in [5.74, 6) is -0.478. The standard InChI is InChI=1S/C17H21N3O4S/c1-25-10-8-14(16(23)18-9-4-7-15(21)22)20-11-19-13-6-3-2-5-12(13)17(20)24/h2-3,5-6,11,14H,4,7-10H2,1H3,(H,18,23)(H,21,22)/t14-/m0/s1. The molecule has 0 spiro atoms. The molecule has 2 aromatic rings. The number of hydrogen-bond acceptors (Lipinski definition) is 5. The number of thioether (sulfide) groups is 1. The van der Waals surface area contributed by atoms with Crippen LogP contribution in [0.15, 0.2) is 35.4 Å². The molecular weight excluding hydrogens is 342 g/mol. The van der Waals surface area contributed by atoms with Crippen molar-refractivity contribution in [3.8, 4) is 0 Å². The van der Waals surface area contributed by atoms with E-state index in [9.17, 15) is 14.4 Å². The molecule has 0 aliphatic rings. The summed E-state index contributed by atoms with van der Waals surface area (Å²) in [5, 5.41) is 11.8. The maximum atomic E-state index is 12.7. The van der Waals surface area contributed by atoms with Crippen molar-refractivity contribution in [3.63, 3.8) is 0 Å². The van der Waals surface area contributed by atoms with Crippen molar-refractivity contribution in [1.82, 2.24) is 14.9 Å². The number of carboxylic acids is 1. The molecule has 25 heavy (non-hydrogen) atoms. The van der Waals surface area contributed by atoms with Gasteiger partial charge in [0.25, 0.3) is 5.56 Å². The van der Waals surface area contributed by atoms with Crippen molar-refractivity contribution in [2.24, 2.45) is 0 Å². The van der Waals surface area contributed by atoms with Crippen molar-refractivity contribution in [2.75, 3.05) is 18.6 Å². The quantitative estimate of drug-likeness (QED) is 0.657. The van der Waals surface area contributed by atoms with Gasteiger partial charge in [-0.15, -0.1) is 0 Å². The molecule has 8 heteroatoms. The highest BCUT2D eigenvalue weighted by molar-refractivity contribution is 7.98. The molecule has 1 amide bonds. The zero-order valence-electron chi connectivity index (χ0n) is 14.0. The molecule has 2 N–H and O–H groups in total. The van der Waals surface area contributed by atoms with Gasteiger partial charge >= 0.3 is 5.97 Å². The van der Waals surface area contributed by atoms with Crippen LogP contribution in [-0.4, -0.2) is 45.1 Å². The lowest BCUT2D eigenvalue weighted by Crippen LogP contribution is -2.38. The Kier molecular flexibility index (Phi) is 7.00. The van der Waals surface area contributed by atoms with Gasteiger partial charge in [-0.3, -0.25) is 19.0 Å². The van der Waals surface area contributed by atoms with Crippen molar-refractivity contribution < 1.29 is 14.7 Å². The first-order valence-corrected chi connectivity index (χ1v) is 9.38. The first-order valence-electron chi connectivity index (χ1n) is 7.99. The molecule has 1 atom stereocenters. The molecule has 0 unspecified atom stereocenters. The summed E-state index contributed by atoms with van der Waals surface area (Å²) in [5.41, 5.74) is 0.339. The number of benzene rings is 1. The third-order valence-corrected chi connectivity index (χ3v) is 4.43. The fraction of sp³-hybridized carbons (Fsp3) is 0.412. The molecular formula is C17H21N3O4S. The summed E-state index contributed by atoms with van der Waals surface area (Å²) >= 11 is 1.59. The molecule has 1 aromatic heterocycles.